The van der Waals surface area contributed by atoms with E-state index in [0.29, 0.717) is 23.3 Å². The summed E-state index contributed by atoms with van der Waals surface area (Å²) in [6.45, 7) is 2.01. The minimum atomic E-state index is -0.250. The maximum atomic E-state index is 12.2. The third kappa shape index (κ3) is 2.71. The lowest BCUT2D eigenvalue weighted by molar-refractivity contribution is -0.117. The van der Waals surface area contributed by atoms with E-state index in [-0.39, 0.29) is 17.7 Å². The molecule has 2 heterocycles. The average molecular weight is 349 g/mol. The Morgan fingerprint density at radius 3 is 3.00 bits per heavy atom. The van der Waals surface area contributed by atoms with Crippen LogP contribution in [-0.4, -0.2) is 15.3 Å². The molecule has 1 amide bonds. The Morgan fingerprint density at radius 2 is 2.32 bits per heavy atom. The number of nitriles is 1. The fourth-order valence-electron chi connectivity index (χ4n) is 2.98. The highest BCUT2D eigenvalue weighted by molar-refractivity contribution is 7.04. The largest absolute Gasteiger partial charge is 0.398 e. The summed E-state index contributed by atoms with van der Waals surface area (Å²) in [6.07, 6.45) is 2.25. The summed E-state index contributed by atoms with van der Waals surface area (Å²) in [6, 6.07) is 7.84. The molecule has 1 saturated carbocycles. The lowest BCUT2D eigenvalue weighted by atomic mass is 10.0. The number of pyridine rings is 1. The number of rotatable bonds is 3. The first-order chi connectivity index (χ1) is 12.1. The van der Waals surface area contributed by atoms with E-state index in [9.17, 15) is 4.79 Å². The van der Waals surface area contributed by atoms with Gasteiger partial charge in [-0.25, -0.2) is 4.98 Å². The SMILES string of the molecule is Cc1csnc1-c1cc(N)c2c(NC(=O)[C@@H]3C[C@H]3C#N)nccc2c1. The van der Waals surface area contributed by atoms with Crippen molar-refractivity contribution in [2.45, 2.75) is 13.3 Å². The standard InChI is InChI=1S/C18H15N5OS/c1-9-8-25-23-16(9)11-4-10-2-3-21-17(15(10)14(20)6-11)22-18(24)13-5-12(13)7-19/h2-4,6,8,12-13H,5,20H2,1H3,(H,21,22,24)/t12-,13+/m0/s1. The van der Waals surface area contributed by atoms with Crippen molar-refractivity contribution in [1.29, 1.82) is 5.26 Å². The van der Waals surface area contributed by atoms with Gasteiger partial charge in [0.25, 0.3) is 0 Å². The van der Waals surface area contributed by atoms with E-state index in [1.165, 1.54) is 11.5 Å². The maximum Gasteiger partial charge on any atom is 0.230 e. The van der Waals surface area contributed by atoms with Gasteiger partial charge in [0.15, 0.2) is 0 Å². The van der Waals surface area contributed by atoms with Gasteiger partial charge in [0.05, 0.1) is 23.6 Å². The van der Waals surface area contributed by atoms with Gasteiger partial charge in [-0.05, 0) is 54.0 Å². The fourth-order valence-corrected chi connectivity index (χ4v) is 3.66. The van der Waals surface area contributed by atoms with E-state index < -0.39 is 0 Å². The van der Waals surface area contributed by atoms with Crippen molar-refractivity contribution in [2.24, 2.45) is 11.8 Å². The Kier molecular flexibility index (Phi) is 3.62. The molecule has 2 atom stereocenters. The third-order valence-electron chi connectivity index (χ3n) is 4.45. The number of hydrogen-bond donors (Lipinski definition) is 2. The van der Waals surface area contributed by atoms with Crippen LogP contribution in [0.3, 0.4) is 0 Å². The van der Waals surface area contributed by atoms with E-state index in [1.807, 2.05) is 30.5 Å². The number of amides is 1. The van der Waals surface area contributed by atoms with E-state index in [0.717, 1.165) is 22.2 Å². The van der Waals surface area contributed by atoms with Crippen LogP contribution in [0.2, 0.25) is 0 Å². The van der Waals surface area contributed by atoms with Crippen LogP contribution in [-0.2, 0) is 4.79 Å². The number of aromatic nitrogens is 2. The van der Waals surface area contributed by atoms with Crippen LogP contribution in [0.1, 0.15) is 12.0 Å². The van der Waals surface area contributed by atoms with Crippen molar-refractivity contribution in [3.8, 4) is 17.3 Å². The average Bonchev–Trinajstić information content (AvgIpc) is 3.27. The number of benzene rings is 1. The quantitative estimate of drug-likeness (QED) is 0.706. The molecule has 0 spiro atoms. The second-order valence-electron chi connectivity index (χ2n) is 6.24. The predicted molar refractivity (Wildman–Crippen MR) is 97.8 cm³/mol. The zero-order valence-corrected chi connectivity index (χ0v) is 14.3. The number of nitrogens with one attached hydrogen (secondary N) is 1. The van der Waals surface area contributed by atoms with Crippen LogP contribution in [0.4, 0.5) is 11.5 Å². The highest BCUT2D eigenvalue weighted by Crippen LogP contribution is 2.39. The molecule has 3 N–H and O–H groups in total. The minimum Gasteiger partial charge on any atom is -0.398 e. The number of anilines is 2. The first-order valence-corrected chi connectivity index (χ1v) is 8.72. The normalized spacial score (nSPS) is 18.7. The zero-order chi connectivity index (χ0) is 17.6. The van der Waals surface area contributed by atoms with Gasteiger partial charge >= 0.3 is 0 Å². The van der Waals surface area contributed by atoms with Crippen molar-refractivity contribution in [3.05, 3.63) is 35.3 Å². The molecule has 6 nitrogen and oxygen atoms in total. The third-order valence-corrected chi connectivity index (χ3v) is 5.20. The Hall–Kier alpha value is -2.98. The van der Waals surface area contributed by atoms with Crippen LogP contribution in [0.15, 0.2) is 29.8 Å². The molecule has 0 radical (unpaired) electrons. The van der Waals surface area contributed by atoms with Crippen molar-refractivity contribution < 1.29 is 4.79 Å². The molecule has 0 bridgehead atoms. The molecule has 0 unspecified atom stereocenters. The summed E-state index contributed by atoms with van der Waals surface area (Å²) in [7, 11) is 0. The molecule has 1 aromatic carbocycles. The molecule has 1 aliphatic carbocycles. The molecule has 4 rings (SSSR count). The van der Waals surface area contributed by atoms with Crippen LogP contribution in [0, 0.1) is 30.1 Å². The van der Waals surface area contributed by atoms with E-state index in [4.69, 9.17) is 11.0 Å². The van der Waals surface area contributed by atoms with E-state index in [2.05, 4.69) is 20.7 Å². The van der Waals surface area contributed by atoms with E-state index in [1.54, 1.807) is 6.20 Å². The van der Waals surface area contributed by atoms with Gasteiger partial charge in [0.1, 0.15) is 5.82 Å². The first-order valence-electron chi connectivity index (χ1n) is 7.88. The molecule has 25 heavy (non-hydrogen) atoms. The molecule has 0 saturated heterocycles. The van der Waals surface area contributed by atoms with Gasteiger partial charge in [-0.3, -0.25) is 4.79 Å². The molecular formula is C18H15N5OS. The number of nitrogens with zero attached hydrogens (tertiary/aromatic N) is 3. The zero-order valence-electron chi connectivity index (χ0n) is 13.5. The lowest BCUT2D eigenvalue weighted by Gasteiger charge is -2.11. The van der Waals surface area contributed by atoms with Crippen LogP contribution >= 0.6 is 11.5 Å². The maximum absolute atomic E-state index is 12.2. The molecule has 124 valence electrons. The number of nitrogens with two attached hydrogens (primary N) is 1. The van der Waals surface area contributed by atoms with Gasteiger partial charge in [-0.1, -0.05) is 0 Å². The second-order valence-corrected chi connectivity index (χ2v) is 6.87. The van der Waals surface area contributed by atoms with Crippen LogP contribution < -0.4 is 11.1 Å². The van der Waals surface area contributed by atoms with Crippen molar-refractivity contribution in [2.75, 3.05) is 11.1 Å². The summed E-state index contributed by atoms with van der Waals surface area (Å²) < 4.78 is 4.42. The van der Waals surface area contributed by atoms with Crippen molar-refractivity contribution in [3.63, 3.8) is 0 Å². The van der Waals surface area contributed by atoms with Crippen LogP contribution in [0.5, 0.6) is 0 Å². The molecule has 1 aliphatic rings. The highest BCUT2D eigenvalue weighted by atomic mass is 32.1. The topological polar surface area (TPSA) is 105 Å². The van der Waals surface area contributed by atoms with E-state index >= 15 is 0 Å². The highest BCUT2D eigenvalue weighted by Gasteiger charge is 2.43. The Morgan fingerprint density at radius 1 is 1.48 bits per heavy atom. The Balaban J connectivity index is 1.74. The monoisotopic (exact) mass is 349 g/mol. The smallest absolute Gasteiger partial charge is 0.230 e. The number of nitrogen functional groups attached to an aromatic ring is 1. The molecule has 1 fully saturated rings. The van der Waals surface area contributed by atoms with Crippen molar-refractivity contribution >= 4 is 39.7 Å². The fraction of sp³-hybridized carbons (Fsp3) is 0.222. The number of fused-ring (bicyclic) bond motifs is 1. The lowest BCUT2D eigenvalue weighted by Crippen LogP contribution is -2.16. The van der Waals surface area contributed by atoms with Crippen LogP contribution in [0.25, 0.3) is 22.0 Å². The minimum absolute atomic E-state index is 0.176. The van der Waals surface area contributed by atoms with Gasteiger partial charge in [-0.15, -0.1) is 0 Å². The number of carbonyl (C=O) groups is 1. The Labute approximate surface area is 148 Å². The summed E-state index contributed by atoms with van der Waals surface area (Å²) in [4.78, 5) is 16.5. The van der Waals surface area contributed by atoms with Gasteiger partial charge in [0, 0.05) is 28.2 Å². The predicted octanol–water partition coefficient (Wildman–Crippen LogP) is 3.35. The second kappa shape index (κ2) is 5.83. The summed E-state index contributed by atoms with van der Waals surface area (Å²) in [5.41, 5.74) is 9.76. The molecule has 0 aliphatic heterocycles. The number of carbonyl (C=O) groups excluding carboxylic acids is 1. The first kappa shape index (κ1) is 15.5. The number of aryl methyl sites for hydroxylation is 1. The Bertz CT molecular complexity index is 1040. The molecular weight excluding hydrogens is 334 g/mol. The molecule has 7 heteroatoms. The van der Waals surface area contributed by atoms with Gasteiger partial charge in [-0.2, -0.15) is 9.64 Å². The molecule has 2 aromatic heterocycles. The summed E-state index contributed by atoms with van der Waals surface area (Å²) in [5, 5.41) is 15.3. The van der Waals surface area contributed by atoms with Gasteiger partial charge < -0.3 is 11.1 Å². The van der Waals surface area contributed by atoms with Gasteiger partial charge in [0.2, 0.25) is 5.91 Å². The molecule has 3 aromatic rings. The summed E-state index contributed by atoms with van der Waals surface area (Å²) >= 11 is 1.41. The number of hydrogen-bond acceptors (Lipinski definition) is 6. The summed E-state index contributed by atoms with van der Waals surface area (Å²) in [5.74, 6) is -0.178. The van der Waals surface area contributed by atoms with Crippen molar-refractivity contribution in [1.82, 2.24) is 9.36 Å².